The topological polar surface area (TPSA) is 15.3 Å². The maximum Gasteiger partial charge on any atom is 0.0869 e. The minimum Gasteiger partial charge on any atom is -0.370 e. The van der Waals surface area contributed by atoms with Crippen molar-refractivity contribution in [3.63, 3.8) is 0 Å². The average Bonchev–Trinajstić information content (AvgIpc) is 2.40. The molecule has 0 unspecified atom stereocenters. The van der Waals surface area contributed by atoms with Gasteiger partial charge in [-0.05, 0) is 13.8 Å². The molecular formula is C8H18N2. The predicted octanol–water partition coefficient (Wildman–Crippen LogP) is 1.76. The van der Waals surface area contributed by atoms with E-state index in [-0.39, 0.29) is 0 Å². The van der Waals surface area contributed by atoms with Crippen molar-refractivity contribution in [1.29, 1.82) is 0 Å². The molecule has 0 aromatic rings. The third-order valence-electron chi connectivity index (χ3n) is 1.34. The summed E-state index contributed by atoms with van der Waals surface area (Å²) in [4.78, 5) is 2.23. The molecule has 1 N–H and O–H groups in total. The Morgan fingerprint density at radius 3 is 2.40 bits per heavy atom. The Hall–Kier alpha value is -0.660. The van der Waals surface area contributed by atoms with Gasteiger partial charge in [-0.2, -0.15) is 0 Å². The van der Waals surface area contributed by atoms with Crippen molar-refractivity contribution in [3.05, 3.63) is 11.9 Å². The Kier molecular flexibility index (Phi) is 4.81. The minimum absolute atomic E-state index is 0.988. The van der Waals surface area contributed by atoms with E-state index in [0.29, 0.717) is 0 Å². The van der Waals surface area contributed by atoms with E-state index >= 15 is 0 Å². The molecular weight excluding hydrogens is 124 g/mol. The third kappa shape index (κ3) is 2.76. The van der Waals surface area contributed by atoms with E-state index in [9.17, 15) is 0 Å². The van der Waals surface area contributed by atoms with Crippen LogP contribution in [0.25, 0.3) is 0 Å². The largest absolute Gasteiger partial charge is 0.370 e. The van der Waals surface area contributed by atoms with Gasteiger partial charge in [0, 0.05) is 18.4 Å². The fourth-order valence-corrected chi connectivity index (χ4v) is 0.794. The summed E-state index contributed by atoms with van der Waals surface area (Å²) in [6.07, 6.45) is 2.14. The van der Waals surface area contributed by atoms with Crippen LogP contribution in [0.4, 0.5) is 0 Å². The summed E-state index contributed by atoms with van der Waals surface area (Å²) in [5, 5.41) is 3.21. The zero-order valence-electron chi connectivity index (χ0n) is 7.44. The lowest BCUT2D eigenvalue weighted by Gasteiger charge is -2.08. The van der Waals surface area contributed by atoms with Gasteiger partial charge in [0.25, 0.3) is 0 Å². The third-order valence-corrected chi connectivity index (χ3v) is 1.34. The van der Waals surface area contributed by atoms with Gasteiger partial charge in [0.2, 0.25) is 0 Å². The zero-order valence-corrected chi connectivity index (χ0v) is 7.44. The Bertz CT molecular complexity index is 108. The monoisotopic (exact) mass is 142 g/mol. The summed E-state index contributed by atoms with van der Waals surface area (Å²) in [6, 6.07) is 0. The van der Waals surface area contributed by atoms with Gasteiger partial charge in [-0.3, -0.25) is 0 Å². The number of allylic oxidation sites excluding steroid dienone is 1. The molecule has 60 valence electrons. The number of rotatable bonds is 1. The second kappa shape index (κ2) is 5.15. The number of hydrogen-bond acceptors (Lipinski definition) is 2. The van der Waals surface area contributed by atoms with Crippen LogP contribution in [0.15, 0.2) is 11.9 Å². The first-order valence-corrected chi connectivity index (χ1v) is 3.99. The van der Waals surface area contributed by atoms with Crippen molar-refractivity contribution in [1.82, 2.24) is 10.2 Å². The molecule has 0 aromatic carbocycles. The molecule has 0 aromatic heterocycles. The molecule has 2 nitrogen and oxygen atoms in total. The SMILES string of the molecule is CC.CCN1C=C(C)NC1. The molecule has 10 heavy (non-hydrogen) atoms. The van der Waals surface area contributed by atoms with E-state index in [2.05, 4.69) is 30.3 Å². The highest BCUT2D eigenvalue weighted by Crippen LogP contribution is 1.99. The Morgan fingerprint density at radius 1 is 1.60 bits per heavy atom. The maximum atomic E-state index is 3.21. The van der Waals surface area contributed by atoms with Crippen molar-refractivity contribution in [3.8, 4) is 0 Å². The van der Waals surface area contributed by atoms with E-state index in [1.165, 1.54) is 5.70 Å². The second-order valence-electron chi connectivity index (χ2n) is 2.05. The molecule has 0 atom stereocenters. The van der Waals surface area contributed by atoms with Crippen LogP contribution in [0.2, 0.25) is 0 Å². The van der Waals surface area contributed by atoms with Crippen molar-refractivity contribution in [2.45, 2.75) is 27.7 Å². The van der Waals surface area contributed by atoms with Crippen molar-refractivity contribution in [2.75, 3.05) is 13.2 Å². The summed E-state index contributed by atoms with van der Waals surface area (Å²) in [7, 11) is 0. The van der Waals surface area contributed by atoms with Crippen LogP contribution in [-0.2, 0) is 0 Å². The first kappa shape index (κ1) is 9.34. The molecule has 0 amide bonds. The predicted molar refractivity (Wildman–Crippen MR) is 45.5 cm³/mol. The van der Waals surface area contributed by atoms with E-state index in [0.717, 1.165) is 13.2 Å². The highest BCUT2D eigenvalue weighted by Gasteiger charge is 2.02. The first-order chi connectivity index (χ1) is 4.83. The lowest BCUT2D eigenvalue weighted by molar-refractivity contribution is 0.412. The highest BCUT2D eigenvalue weighted by molar-refractivity contribution is 4.99. The van der Waals surface area contributed by atoms with Crippen LogP contribution in [0, 0.1) is 0 Å². The van der Waals surface area contributed by atoms with Crippen LogP contribution >= 0.6 is 0 Å². The van der Waals surface area contributed by atoms with Gasteiger partial charge in [0.1, 0.15) is 0 Å². The Morgan fingerprint density at radius 2 is 2.20 bits per heavy atom. The van der Waals surface area contributed by atoms with Crippen LogP contribution in [0.1, 0.15) is 27.7 Å². The van der Waals surface area contributed by atoms with E-state index in [4.69, 9.17) is 0 Å². The van der Waals surface area contributed by atoms with E-state index in [1.54, 1.807) is 0 Å². The van der Waals surface area contributed by atoms with Crippen LogP contribution in [-0.4, -0.2) is 18.1 Å². The van der Waals surface area contributed by atoms with Gasteiger partial charge in [-0.15, -0.1) is 0 Å². The lowest BCUT2D eigenvalue weighted by Crippen LogP contribution is -2.20. The summed E-state index contributed by atoms with van der Waals surface area (Å²) in [5.74, 6) is 0. The molecule has 1 heterocycles. The summed E-state index contributed by atoms with van der Waals surface area (Å²) in [5.41, 5.74) is 1.27. The molecule has 1 rings (SSSR count). The standard InChI is InChI=1S/C6H12N2.C2H6/c1-3-8-4-6(2)7-5-8;1-2/h4,7H,3,5H2,1-2H3;1-2H3. The van der Waals surface area contributed by atoms with Crippen molar-refractivity contribution < 1.29 is 0 Å². The van der Waals surface area contributed by atoms with Gasteiger partial charge in [0.05, 0.1) is 6.67 Å². The smallest absolute Gasteiger partial charge is 0.0869 e. The molecule has 0 fully saturated rings. The van der Waals surface area contributed by atoms with Crippen LogP contribution in [0.3, 0.4) is 0 Å². The Balaban J connectivity index is 0.000000371. The fraction of sp³-hybridized carbons (Fsp3) is 0.750. The van der Waals surface area contributed by atoms with Crippen molar-refractivity contribution >= 4 is 0 Å². The molecule has 1 aliphatic rings. The molecule has 0 spiro atoms. The van der Waals surface area contributed by atoms with Crippen LogP contribution < -0.4 is 5.32 Å². The summed E-state index contributed by atoms with van der Waals surface area (Å²) < 4.78 is 0. The normalized spacial score (nSPS) is 15.2. The zero-order chi connectivity index (χ0) is 7.98. The fourth-order valence-electron chi connectivity index (χ4n) is 0.794. The average molecular weight is 142 g/mol. The van der Waals surface area contributed by atoms with Crippen molar-refractivity contribution in [2.24, 2.45) is 0 Å². The van der Waals surface area contributed by atoms with Gasteiger partial charge in [-0.1, -0.05) is 13.8 Å². The Labute approximate surface area is 63.9 Å². The first-order valence-electron chi connectivity index (χ1n) is 3.99. The van der Waals surface area contributed by atoms with Gasteiger partial charge in [-0.25, -0.2) is 0 Å². The molecule has 0 saturated carbocycles. The minimum atomic E-state index is 0.988. The lowest BCUT2D eigenvalue weighted by atomic mass is 10.5. The van der Waals surface area contributed by atoms with Gasteiger partial charge in [0.15, 0.2) is 0 Å². The molecule has 1 aliphatic heterocycles. The number of nitrogens with zero attached hydrogens (tertiary/aromatic N) is 1. The van der Waals surface area contributed by atoms with Gasteiger partial charge >= 0.3 is 0 Å². The summed E-state index contributed by atoms with van der Waals surface area (Å²) >= 11 is 0. The van der Waals surface area contributed by atoms with Crippen LogP contribution in [0.5, 0.6) is 0 Å². The molecule has 0 bridgehead atoms. The van der Waals surface area contributed by atoms with E-state index in [1.807, 2.05) is 13.8 Å². The second-order valence-corrected chi connectivity index (χ2v) is 2.05. The quantitative estimate of drug-likeness (QED) is 0.600. The van der Waals surface area contributed by atoms with E-state index < -0.39 is 0 Å². The molecule has 0 radical (unpaired) electrons. The molecule has 0 aliphatic carbocycles. The molecule has 2 heteroatoms. The maximum absolute atomic E-state index is 3.21. The summed E-state index contributed by atoms with van der Waals surface area (Å²) in [6.45, 7) is 10.3. The van der Waals surface area contributed by atoms with Gasteiger partial charge < -0.3 is 10.2 Å². The number of nitrogens with one attached hydrogen (secondary N) is 1. The molecule has 0 saturated heterocycles. The highest BCUT2D eigenvalue weighted by atomic mass is 15.3. The number of hydrogen-bond donors (Lipinski definition) is 1.